The first-order chi connectivity index (χ1) is 12.1. The first-order valence-corrected chi connectivity index (χ1v) is 9.32. The van der Waals surface area contributed by atoms with E-state index in [0.717, 1.165) is 22.8 Å². The molecule has 2 aromatic carbocycles. The van der Waals surface area contributed by atoms with Crippen LogP contribution in [0.25, 0.3) is 5.69 Å². The van der Waals surface area contributed by atoms with Gasteiger partial charge in [0.25, 0.3) is 0 Å². The maximum Gasteiger partial charge on any atom is 0.235 e. The van der Waals surface area contributed by atoms with Crippen LogP contribution in [0.3, 0.4) is 0 Å². The molecule has 1 amide bonds. The molecule has 0 spiro atoms. The molecule has 0 saturated heterocycles. The number of anilines is 1. The summed E-state index contributed by atoms with van der Waals surface area (Å²) in [5.41, 5.74) is 5.45. The highest BCUT2D eigenvalue weighted by Crippen LogP contribution is 2.44. The van der Waals surface area contributed by atoms with E-state index in [1.54, 1.807) is 11.8 Å². The van der Waals surface area contributed by atoms with Gasteiger partial charge in [0.2, 0.25) is 5.91 Å². The largest absolute Gasteiger partial charge is 0.310 e. The van der Waals surface area contributed by atoms with Crippen LogP contribution in [-0.2, 0) is 4.79 Å². The number of fused-ring (bicyclic) bond motifs is 1. The molecule has 1 aromatic heterocycles. The SMILES string of the molecule is Cc1ccccc1[C@H]1SCC(=O)Nc2c1c(C)nn2-c1ccccc1. The van der Waals surface area contributed by atoms with Crippen molar-refractivity contribution in [3.63, 3.8) is 0 Å². The molecule has 4 nitrogen and oxygen atoms in total. The van der Waals surface area contributed by atoms with E-state index < -0.39 is 0 Å². The molecule has 1 N–H and O–H groups in total. The fraction of sp³-hybridized carbons (Fsp3) is 0.200. The van der Waals surface area contributed by atoms with E-state index in [0.29, 0.717) is 5.75 Å². The molecule has 1 atom stereocenters. The van der Waals surface area contributed by atoms with Crippen molar-refractivity contribution in [2.45, 2.75) is 19.1 Å². The molecule has 0 saturated carbocycles. The van der Waals surface area contributed by atoms with Crippen molar-refractivity contribution in [1.29, 1.82) is 0 Å². The van der Waals surface area contributed by atoms with E-state index in [4.69, 9.17) is 5.10 Å². The average Bonchev–Trinajstić information content (AvgIpc) is 2.83. The third kappa shape index (κ3) is 2.85. The van der Waals surface area contributed by atoms with Gasteiger partial charge in [0, 0.05) is 5.56 Å². The predicted molar refractivity (Wildman–Crippen MR) is 102 cm³/mol. The number of nitrogens with zero attached hydrogens (tertiary/aromatic N) is 2. The van der Waals surface area contributed by atoms with Crippen LogP contribution in [-0.4, -0.2) is 21.4 Å². The summed E-state index contributed by atoms with van der Waals surface area (Å²) in [6.45, 7) is 4.13. The summed E-state index contributed by atoms with van der Waals surface area (Å²) in [4.78, 5) is 12.3. The Morgan fingerprint density at radius 2 is 1.80 bits per heavy atom. The smallest absolute Gasteiger partial charge is 0.235 e. The van der Waals surface area contributed by atoms with E-state index in [2.05, 4.69) is 30.4 Å². The fourth-order valence-corrected chi connectivity index (χ4v) is 4.55. The molecule has 1 aliphatic rings. The number of thioether (sulfide) groups is 1. The van der Waals surface area contributed by atoms with Crippen LogP contribution in [0.1, 0.15) is 27.6 Å². The highest BCUT2D eigenvalue weighted by molar-refractivity contribution is 8.00. The second-order valence-corrected chi connectivity index (χ2v) is 7.28. The highest BCUT2D eigenvalue weighted by Gasteiger charge is 2.31. The summed E-state index contributed by atoms with van der Waals surface area (Å²) >= 11 is 1.66. The second kappa shape index (κ2) is 6.41. The van der Waals surface area contributed by atoms with Gasteiger partial charge in [-0.05, 0) is 37.1 Å². The molecule has 3 aromatic rings. The molecule has 0 unspecified atom stereocenters. The average molecular weight is 349 g/mol. The van der Waals surface area contributed by atoms with Crippen molar-refractivity contribution in [2.24, 2.45) is 0 Å². The van der Waals surface area contributed by atoms with E-state index >= 15 is 0 Å². The summed E-state index contributed by atoms with van der Waals surface area (Å²) in [6, 6.07) is 18.3. The number of carbonyl (C=O) groups excluding carboxylic acids is 1. The predicted octanol–water partition coefficient (Wildman–Crippen LogP) is 4.26. The molecule has 0 bridgehead atoms. The van der Waals surface area contributed by atoms with Gasteiger partial charge < -0.3 is 5.32 Å². The van der Waals surface area contributed by atoms with Gasteiger partial charge >= 0.3 is 0 Å². The Kier molecular flexibility index (Phi) is 4.09. The second-order valence-electron chi connectivity index (χ2n) is 6.19. The van der Waals surface area contributed by atoms with Gasteiger partial charge in [0.05, 0.1) is 22.4 Å². The molecule has 0 aliphatic carbocycles. The van der Waals surface area contributed by atoms with Crippen molar-refractivity contribution < 1.29 is 4.79 Å². The fourth-order valence-electron chi connectivity index (χ4n) is 3.27. The Labute approximate surface area is 151 Å². The van der Waals surface area contributed by atoms with Crippen molar-refractivity contribution in [3.05, 3.63) is 77.0 Å². The lowest BCUT2D eigenvalue weighted by atomic mass is 10.00. The number of nitrogens with one attached hydrogen (secondary N) is 1. The van der Waals surface area contributed by atoms with Crippen molar-refractivity contribution in [1.82, 2.24) is 9.78 Å². The Morgan fingerprint density at radius 3 is 2.56 bits per heavy atom. The van der Waals surface area contributed by atoms with Crippen LogP contribution in [0.5, 0.6) is 0 Å². The van der Waals surface area contributed by atoms with E-state index in [-0.39, 0.29) is 11.2 Å². The van der Waals surface area contributed by atoms with Gasteiger partial charge in [-0.1, -0.05) is 42.5 Å². The van der Waals surface area contributed by atoms with Crippen LogP contribution in [0.15, 0.2) is 54.6 Å². The van der Waals surface area contributed by atoms with Crippen LogP contribution in [0, 0.1) is 13.8 Å². The van der Waals surface area contributed by atoms with Gasteiger partial charge in [0.15, 0.2) is 0 Å². The van der Waals surface area contributed by atoms with Crippen LogP contribution in [0.4, 0.5) is 5.82 Å². The lowest BCUT2D eigenvalue weighted by molar-refractivity contribution is -0.113. The molecule has 0 fully saturated rings. The third-order valence-corrected chi connectivity index (χ3v) is 5.73. The maximum absolute atomic E-state index is 12.3. The van der Waals surface area contributed by atoms with E-state index in [1.807, 2.05) is 48.0 Å². The number of para-hydroxylation sites is 1. The Morgan fingerprint density at radius 1 is 1.08 bits per heavy atom. The molecule has 5 heteroatoms. The minimum atomic E-state index is 0.0133. The minimum absolute atomic E-state index is 0.0133. The van der Waals surface area contributed by atoms with Crippen LogP contribution in [0.2, 0.25) is 0 Å². The summed E-state index contributed by atoms with van der Waals surface area (Å²) in [7, 11) is 0. The number of benzene rings is 2. The Balaban J connectivity index is 1.92. The first-order valence-electron chi connectivity index (χ1n) is 8.27. The molecule has 1 aliphatic heterocycles. The van der Waals surface area contributed by atoms with Crippen LogP contribution >= 0.6 is 11.8 Å². The molecule has 4 rings (SSSR count). The normalized spacial score (nSPS) is 16.9. The standard InChI is InChI=1S/C20H19N3OS/c1-13-8-6-7-11-16(13)19-18-14(2)22-23(15-9-4-3-5-10-15)20(18)21-17(24)12-25-19/h3-11,19H,12H2,1-2H3,(H,21,24)/t19-/m1/s1. The summed E-state index contributed by atoms with van der Waals surface area (Å²) in [5, 5.41) is 7.89. The Hall–Kier alpha value is -2.53. The highest BCUT2D eigenvalue weighted by atomic mass is 32.2. The summed E-state index contributed by atoms with van der Waals surface area (Å²) in [5.74, 6) is 1.23. The summed E-state index contributed by atoms with van der Waals surface area (Å²) < 4.78 is 1.85. The van der Waals surface area contributed by atoms with Gasteiger partial charge in [-0.25, -0.2) is 4.68 Å². The lowest BCUT2D eigenvalue weighted by Gasteiger charge is -2.17. The molecule has 126 valence electrons. The Bertz CT molecular complexity index is 933. The number of rotatable bonds is 2. The van der Waals surface area contributed by atoms with Crippen molar-refractivity contribution in [3.8, 4) is 5.69 Å². The number of aryl methyl sites for hydroxylation is 2. The zero-order valence-corrected chi connectivity index (χ0v) is 15.0. The van der Waals surface area contributed by atoms with E-state index in [9.17, 15) is 4.79 Å². The van der Waals surface area contributed by atoms with Crippen molar-refractivity contribution >= 4 is 23.5 Å². The van der Waals surface area contributed by atoms with Gasteiger partial charge in [-0.15, -0.1) is 11.8 Å². The first kappa shape index (κ1) is 16.0. The van der Waals surface area contributed by atoms with E-state index in [1.165, 1.54) is 11.1 Å². The molecular formula is C20H19N3OS. The number of carbonyl (C=O) groups is 1. The topological polar surface area (TPSA) is 46.9 Å². The monoisotopic (exact) mass is 349 g/mol. The third-order valence-electron chi connectivity index (χ3n) is 4.48. The van der Waals surface area contributed by atoms with Gasteiger partial charge in [-0.2, -0.15) is 5.10 Å². The molecule has 25 heavy (non-hydrogen) atoms. The van der Waals surface area contributed by atoms with Crippen molar-refractivity contribution in [2.75, 3.05) is 11.1 Å². The van der Waals surface area contributed by atoms with Gasteiger partial charge in [0.1, 0.15) is 5.82 Å². The van der Waals surface area contributed by atoms with Crippen LogP contribution < -0.4 is 5.32 Å². The maximum atomic E-state index is 12.3. The molecular weight excluding hydrogens is 330 g/mol. The zero-order chi connectivity index (χ0) is 17.4. The number of amides is 1. The number of hydrogen-bond acceptors (Lipinski definition) is 3. The zero-order valence-electron chi connectivity index (χ0n) is 14.2. The van der Waals surface area contributed by atoms with Gasteiger partial charge in [-0.3, -0.25) is 4.79 Å². The summed E-state index contributed by atoms with van der Waals surface area (Å²) in [6.07, 6.45) is 0. The quantitative estimate of drug-likeness (QED) is 0.752. The molecule has 2 heterocycles. The number of hydrogen-bond donors (Lipinski definition) is 1. The number of aromatic nitrogens is 2. The lowest BCUT2D eigenvalue weighted by Crippen LogP contribution is -2.15. The molecule has 0 radical (unpaired) electrons. The minimum Gasteiger partial charge on any atom is -0.310 e.